The first-order valence-corrected chi connectivity index (χ1v) is 3.70. The third kappa shape index (κ3) is 6.81. The third-order valence-corrected chi connectivity index (χ3v) is 1.19. The summed E-state index contributed by atoms with van der Waals surface area (Å²) in [5.74, 6) is -1.07. The monoisotopic (exact) mass is 168 g/mol. The predicted octanol–water partition coefficient (Wildman–Crippen LogP) is 2.48. The maximum absolute atomic E-state index is 9.51. The van der Waals surface area contributed by atoms with E-state index in [1.807, 2.05) is 18.2 Å². The zero-order valence-electron chi connectivity index (χ0n) is 8.32. The van der Waals surface area contributed by atoms with Crippen LogP contribution in [0, 0.1) is 6.92 Å². The Kier molecular flexibility index (Phi) is 4.69. The van der Waals surface area contributed by atoms with Gasteiger partial charge in [-0.15, -0.1) is 0 Å². The highest BCUT2D eigenvalue weighted by Gasteiger charge is 1.80. The molecule has 1 atom stereocenters. The van der Waals surface area contributed by atoms with Gasteiger partial charge in [-0.3, -0.25) is 4.79 Å². The van der Waals surface area contributed by atoms with Crippen LogP contribution in [0.15, 0.2) is 30.3 Å². The van der Waals surface area contributed by atoms with E-state index in [1.54, 1.807) is 0 Å². The van der Waals surface area contributed by atoms with Gasteiger partial charge >= 0.3 is 5.97 Å². The van der Waals surface area contributed by atoms with Crippen LogP contribution in [0.1, 0.15) is 20.3 Å². The highest BCUT2D eigenvalue weighted by atomic mass is 16.4. The number of carboxylic acids is 1. The van der Waals surface area contributed by atoms with E-state index in [-0.39, 0.29) is 0 Å². The van der Waals surface area contributed by atoms with E-state index in [9.17, 15) is 4.79 Å². The molecular weight excluding hydrogens is 152 g/mol. The molecule has 0 heterocycles. The van der Waals surface area contributed by atoms with Crippen molar-refractivity contribution in [1.29, 1.82) is 0 Å². The summed E-state index contributed by atoms with van der Waals surface area (Å²) in [5.41, 5.74) is 1.32. The van der Waals surface area contributed by atoms with Gasteiger partial charge in [0, 0.05) is 7.77 Å². The van der Waals surface area contributed by atoms with Crippen molar-refractivity contribution in [2.45, 2.75) is 20.2 Å². The Morgan fingerprint density at radius 3 is 2.08 bits per heavy atom. The molecule has 1 unspecified atom stereocenters. The quantitative estimate of drug-likeness (QED) is 0.699. The Labute approximate surface area is 74.3 Å². The topological polar surface area (TPSA) is 37.3 Å². The standard InChI is InChI=1S/C7H8.C3H6O2/c1-7-5-3-2-4-6-7;1-2-3(4)5/h2-6H,1H3;2H2,1H3,(H,4,5)/i;2T. The predicted molar refractivity (Wildman–Crippen MR) is 49.1 cm³/mol. The van der Waals surface area contributed by atoms with E-state index in [1.165, 1.54) is 12.5 Å². The van der Waals surface area contributed by atoms with Gasteiger partial charge in [0.2, 0.25) is 0 Å². The van der Waals surface area contributed by atoms with Crippen molar-refractivity contribution in [3.63, 3.8) is 0 Å². The molecule has 0 saturated carbocycles. The van der Waals surface area contributed by atoms with Crippen molar-refractivity contribution in [1.82, 2.24) is 0 Å². The van der Waals surface area contributed by atoms with Gasteiger partial charge in [0.1, 0.15) is 0 Å². The molecule has 1 aromatic carbocycles. The molecule has 1 aromatic rings. The number of rotatable bonds is 1. The van der Waals surface area contributed by atoms with Gasteiger partial charge < -0.3 is 5.11 Å². The van der Waals surface area contributed by atoms with Crippen molar-refractivity contribution in [2.75, 3.05) is 0 Å². The van der Waals surface area contributed by atoms with Crippen LogP contribution in [0.2, 0.25) is 0 Å². The van der Waals surface area contributed by atoms with E-state index in [0.717, 1.165) is 0 Å². The zero-order chi connectivity index (χ0) is 10.3. The fourth-order valence-electron chi connectivity index (χ4n) is 0.534. The van der Waals surface area contributed by atoms with Gasteiger partial charge in [-0.1, -0.05) is 42.8 Å². The Hall–Kier alpha value is -1.31. The number of carboxylic acid groups (broad SMARTS) is 1. The van der Waals surface area contributed by atoms with Gasteiger partial charge in [-0.2, -0.15) is 0 Å². The first-order chi connectivity index (χ1) is 6.04. The summed E-state index contributed by atoms with van der Waals surface area (Å²) in [4.78, 5) is 9.51. The van der Waals surface area contributed by atoms with Crippen molar-refractivity contribution in [2.24, 2.45) is 0 Å². The summed E-state index contributed by atoms with van der Waals surface area (Å²) in [6.45, 7) is 3.39. The average molecular weight is 168 g/mol. The highest BCUT2D eigenvalue weighted by Crippen LogP contribution is 1.92. The highest BCUT2D eigenvalue weighted by molar-refractivity contribution is 5.66. The lowest BCUT2D eigenvalue weighted by Crippen LogP contribution is -1.86. The van der Waals surface area contributed by atoms with Crippen molar-refractivity contribution < 1.29 is 11.3 Å². The Morgan fingerprint density at radius 1 is 1.50 bits per heavy atom. The molecule has 1 rings (SSSR count). The van der Waals surface area contributed by atoms with E-state index in [0.29, 0.717) is 0 Å². The molecule has 0 aliphatic heterocycles. The minimum atomic E-state index is -1.07. The molecule has 0 amide bonds. The van der Waals surface area contributed by atoms with Crippen LogP contribution in [0.4, 0.5) is 0 Å². The fourth-order valence-corrected chi connectivity index (χ4v) is 0.534. The average Bonchev–Trinajstić information content (AvgIpc) is 2.06. The van der Waals surface area contributed by atoms with Crippen LogP contribution in [-0.4, -0.2) is 11.1 Å². The molecule has 0 saturated heterocycles. The van der Waals surface area contributed by atoms with Crippen molar-refractivity contribution in [3.05, 3.63) is 35.9 Å². The zero-order valence-corrected chi connectivity index (χ0v) is 7.32. The number of carbonyl (C=O) groups is 1. The van der Waals surface area contributed by atoms with Gasteiger partial charge in [0.05, 0.1) is 0 Å². The molecule has 0 aliphatic rings. The molecule has 0 spiro atoms. The molecule has 0 bridgehead atoms. The molecular formula is C10H14O2. The third-order valence-electron chi connectivity index (χ3n) is 1.19. The van der Waals surface area contributed by atoms with E-state index >= 15 is 0 Å². The lowest BCUT2D eigenvalue weighted by molar-refractivity contribution is -0.136. The van der Waals surface area contributed by atoms with E-state index < -0.39 is 12.4 Å². The van der Waals surface area contributed by atoms with Gasteiger partial charge in [-0.25, -0.2) is 0 Å². The Morgan fingerprint density at radius 2 is 1.92 bits per heavy atom. The van der Waals surface area contributed by atoms with Gasteiger partial charge in [0.25, 0.3) is 0 Å². The van der Waals surface area contributed by atoms with Crippen LogP contribution in [0.3, 0.4) is 0 Å². The Balaban J connectivity index is 0.000000226. The summed E-state index contributed by atoms with van der Waals surface area (Å²) in [7, 11) is 0. The fraction of sp³-hybridized carbons (Fsp3) is 0.300. The number of aliphatic carboxylic acids is 1. The Bertz CT molecular complexity index is 244. The number of benzene rings is 1. The van der Waals surface area contributed by atoms with Gasteiger partial charge in [-0.05, 0) is 6.92 Å². The summed E-state index contributed by atoms with van der Waals surface area (Å²) < 4.78 is 6.43. The van der Waals surface area contributed by atoms with Crippen LogP contribution >= 0.6 is 0 Å². The maximum Gasteiger partial charge on any atom is 0.303 e. The summed E-state index contributed by atoms with van der Waals surface area (Å²) in [6, 6.07) is 10.3. The maximum atomic E-state index is 9.51. The lowest BCUT2D eigenvalue weighted by Gasteiger charge is -1.82. The lowest BCUT2D eigenvalue weighted by atomic mass is 10.2. The van der Waals surface area contributed by atoms with Crippen LogP contribution in [0.25, 0.3) is 0 Å². The second-order valence-electron chi connectivity index (χ2n) is 2.28. The molecule has 12 heavy (non-hydrogen) atoms. The first-order valence-electron chi connectivity index (χ1n) is 4.28. The molecule has 0 fully saturated rings. The molecule has 2 nitrogen and oxygen atoms in total. The van der Waals surface area contributed by atoms with Crippen LogP contribution in [0.5, 0.6) is 0 Å². The van der Waals surface area contributed by atoms with E-state index in [2.05, 4.69) is 19.1 Å². The molecule has 66 valence electrons. The second kappa shape index (κ2) is 6.40. The molecule has 1 N–H and O–H groups in total. The van der Waals surface area contributed by atoms with Crippen LogP contribution < -0.4 is 0 Å². The first kappa shape index (κ1) is 8.78. The molecule has 2 heteroatoms. The number of aryl methyl sites for hydroxylation is 1. The van der Waals surface area contributed by atoms with Gasteiger partial charge in [0.15, 0.2) is 0 Å². The molecule has 0 radical (unpaired) electrons. The second-order valence-corrected chi connectivity index (χ2v) is 2.28. The molecule has 0 aromatic heterocycles. The minimum Gasteiger partial charge on any atom is -0.481 e. The largest absolute Gasteiger partial charge is 0.481 e. The number of hydrogen-bond donors (Lipinski definition) is 1. The minimum absolute atomic E-state index is 0.981. The van der Waals surface area contributed by atoms with Crippen molar-refractivity contribution in [3.8, 4) is 0 Å². The summed E-state index contributed by atoms with van der Waals surface area (Å²) >= 11 is 0. The van der Waals surface area contributed by atoms with Crippen molar-refractivity contribution >= 4 is 5.97 Å². The normalized spacial score (nSPS) is 12.0. The molecule has 0 aliphatic carbocycles. The van der Waals surface area contributed by atoms with Crippen LogP contribution in [-0.2, 0) is 4.79 Å². The summed E-state index contributed by atoms with van der Waals surface area (Å²) in [5, 5.41) is 7.80. The number of hydrogen-bond acceptors (Lipinski definition) is 1. The van der Waals surface area contributed by atoms with E-state index in [4.69, 9.17) is 6.48 Å². The summed E-state index contributed by atoms with van der Waals surface area (Å²) in [6.07, 6.45) is -0.981. The SMILES string of the molecule is Cc1ccccc1.[3H]C(C)C(=O)O. The smallest absolute Gasteiger partial charge is 0.303 e.